The molecule has 0 aromatic heterocycles. The standard InChI is InChI=1S/C10H16N2O/c13-10-9-4-11-3-8(9)6-12(10)5-7-1-2-7/h7-9,11H,1-6H2/t8-,9-/m0/s1. The summed E-state index contributed by atoms with van der Waals surface area (Å²) in [6, 6.07) is 0. The third kappa shape index (κ3) is 1.26. The van der Waals surface area contributed by atoms with Crippen LogP contribution < -0.4 is 5.32 Å². The third-order valence-corrected chi connectivity index (χ3v) is 3.60. The Hall–Kier alpha value is -0.570. The number of carbonyl (C=O) groups excluding carboxylic acids is 1. The third-order valence-electron chi connectivity index (χ3n) is 3.60. The normalized spacial score (nSPS) is 38.5. The average Bonchev–Trinajstić information content (AvgIpc) is 2.72. The number of carbonyl (C=O) groups is 1. The minimum Gasteiger partial charge on any atom is -0.342 e. The summed E-state index contributed by atoms with van der Waals surface area (Å²) in [4.78, 5) is 13.9. The molecule has 3 rings (SSSR count). The van der Waals surface area contributed by atoms with E-state index in [2.05, 4.69) is 10.2 Å². The van der Waals surface area contributed by atoms with E-state index in [1.54, 1.807) is 0 Å². The molecule has 2 saturated heterocycles. The van der Waals surface area contributed by atoms with Crippen LogP contribution in [0.5, 0.6) is 0 Å². The Morgan fingerprint density at radius 1 is 1.38 bits per heavy atom. The molecule has 3 fully saturated rings. The zero-order chi connectivity index (χ0) is 8.84. The molecule has 0 spiro atoms. The maximum absolute atomic E-state index is 11.8. The summed E-state index contributed by atoms with van der Waals surface area (Å²) in [6.07, 6.45) is 2.69. The molecule has 1 amide bonds. The summed E-state index contributed by atoms with van der Waals surface area (Å²) in [5.41, 5.74) is 0. The lowest BCUT2D eigenvalue weighted by atomic mass is 10.0. The van der Waals surface area contributed by atoms with Gasteiger partial charge in [-0.05, 0) is 18.8 Å². The second-order valence-electron chi connectivity index (χ2n) is 4.71. The molecule has 13 heavy (non-hydrogen) atoms. The van der Waals surface area contributed by atoms with Gasteiger partial charge in [0.25, 0.3) is 0 Å². The Morgan fingerprint density at radius 2 is 2.23 bits per heavy atom. The van der Waals surface area contributed by atoms with Gasteiger partial charge >= 0.3 is 0 Å². The van der Waals surface area contributed by atoms with E-state index < -0.39 is 0 Å². The zero-order valence-corrected chi connectivity index (χ0v) is 7.83. The molecule has 1 N–H and O–H groups in total. The molecule has 72 valence electrons. The van der Waals surface area contributed by atoms with Gasteiger partial charge in [-0.15, -0.1) is 0 Å². The molecular weight excluding hydrogens is 164 g/mol. The number of hydrogen-bond donors (Lipinski definition) is 1. The first kappa shape index (κ1) is 7.80. The lowest BCUT2D eigenvalue weighted by Crippen LogP contribution is -2.32. The number of hydrogen-bond acceptors (Lipinski definition) is 2. The van der Waals surface area contributed by atoms with E-state index in [4.69, 9.17) is 0 Å². The lowest BCUT2D eigenvalue weighted by Gasteiger charge is -2.16. The van der Waals surface area contributed by atoms with Gasteiger partial charge in [0.15, 0.2) is 0 Å². The Bertz CT molecular complexity index is 237. The molecule has 0 aromatic carbocycles. The molecule has 0 aromatic rings. The van der Waals surface area contributed by atoms with Crippen LogP contribution in [0.2, 0.25) is 0 Å². The van der Waals surface area contributed by atoms with Crippen LogP contribution in [0.3, 0.4) is 0 Å². The van der Waals surface area contributed by atoms with Crippen molar-refractivity contribution >= 4 is 5.91 Å². The van der Waals surface area contributed by atoms with Crippen LogP contribution in [0.4, 0.5) is 0 Å². The summed E-state index contributed by atoms with van der Waals surface area (Å²) in [6.45, 7) is 4.04. The van der Waals surface area contributed by atoms with Gasteiger partial charge in [0, 0.05) is 32.1 Å². The van der Waals surface area contributed by atoms with Gasteiger partial charge in [0.1, 0.15) is 0 Å². The molecular formula is C10H16N2O. The summed E-state index contributed by atoms with van der Waals surface area (Å²) in [5.74, 6) is 2.20. The molecule has 0 radical (unpaired) electrons. The Kier molecular flexibility index (Phi) is 1.62. The summed E-state index contributed by atoms with van der Waals surface area (Å²) >= 11 is 0. The van der Waals surface area contributed by atoms with E-state index in [0.29, 0.717) is 17.7 Å². The zero-order valence-electron chi connectivity index (χ0n) is 7.83. The molecule has 0 unspecified atom stereocenters. The smallest absolute Gasteiger partial charge is 0.227 e. The van der Waals surface area contributed by atoms with Gasteiger partial charge in [-0.25, -0.2) is 0 Å². The highest BCUT2D eigenvalue weighted by Gasteiger charge is 2.44. The molecule has 0 bridgehead atoms. The Labute approximate surface area is 78.5 Å². The van der Waals surface area contributed by atoms with Crippen LogP contribution in [0.15, 0.2) is 0 Å². The first-order valence-corrected chi connectivity index (χ1v) is 5.34. The van der Waals surface area contributed by atoms with Crippen molar-refractivity contribution in [1.82, 2.24) is 10.2 Å². The van der Waals surface area contributed by atoms with E-state index in [1.807, 2.05) is 0 Å². The van der Waals surface area contributed by atoms with E-state index in [9.17, 15) is 4.79 Å². The molecule has 1 saturated carbocycles. The van der Waals surface area contributed by atoms with Gasteiger partial charge in [0.05, 0.1) is 5.92 Å². The summed E-state index contributed by atoms with van der Waals surface area (Å²) in [5, 5.41) is 3.30. The van der Waals surface area contributed by atoms with Gasteiger partial charge in [-0.3, -0.25) is 4.79 Å². The fraction of sp³-hybridized carbons (Fsp3) is 0.900. The number of rotatable bonds is 2. The quantitative estimate of drug-likeness (QED) is 0.652. The van der Waals surface area contributed by atoms with Crippen LogP contribution in [-0.4, -0.2) is 37.0 Å². The minimum absolute atomic E-state index is 0.318. The van der Waals surface area contributed by atoms with Crippen molar-refractivity contribution in [2.45, 2.75) is 12.8 Å². The SMILES string of the molecule is O=C1[C@H]2CNC[C@H]2CN1CC1CC1. The molecule has 3 aliphatic rings. The van der Waals surface area contributed by atoms with E-state index in [-0.39, 0.29) is 0 Å². The Morgan fingerprint density at radius 3 is 2.92 bits per heavy atom. The largest absolute Gasteiger partial charge is 0.342 e. The van der Waals surface area contributed by atoms with E-state index >= 15 is 0 Å². The van der Waals surface area contributed by atoms with Crippen molar-refractivity contribution < 1.29 is 4.79 Å². The minimum atomic E-state index is 0.318. The predicted molar refractivity (Wildman–Crippen MR) is 49.2 cm³/mol. The highest BCUT2D eigenvalue weighted by atomic mass is 16.2. The van der Waals surface area contributed by atoms with Crippen molar-refractivity contribution in [3.05, 3.63) is 0 Å². The van der Waals surface area contributed by atoms with Crippen molar-refractivity contribution in [2.24, 2.45) is 17.8 Å². The maximum atomic E-state index is 11.8. The fourth-order valence-corrected chi connectivity index (χ4v) is 2.60. The first-order valence-electron chi connectivity index (χ1n) is 5.34. The maximum Gasteiger partial charge on any atom is 0.227 e. The molecule has 1 aliphatic carbocycles. The number of fused-ring (bicyclic) bond motifs is 1. The molecule has 3 heteroatoms. The van der Waals surface area contributed by atoms with Crippen molar-refractivity contribution in [2.75, 3.05) is 26.2 Å². The highest BCUT2D eigenvalue weighted by Crippen LogP contribution is 2.34. The molecule has 2 aliphatic heterocycles. The van der Waals surface area contributed by atoms with Gasteiger partial charge in [0.2, 0.25) is 5.91 Å². The van der Waals surface area contributed by atoms with Crippen molar-refractivity contribution in [3.8, 4) is 0 Å². The molecule has 2 atom stereocenters. The second kappa shape index (κ2) is 2.71. The van der Waals surface area contributed by atoms with Crippen LogP contribution in [0.1, 0.15) is 12.8 Å². The number of amides is 1. The van der Waals surface area contributed by atoms with Crippen LogP contribution in [0.25, 0.3) is 0 Å². The molecule has 2 heterocycles. The number of nitrogens with zero attached hydrogens (tertiary/aromatic N) is 1. The highest BCUT2D eigenvalue weighted by molar-refractivity contribution is 5.82. The van der Waals surface area contributed by atoms with E-state index in [0.717, 1.165) is 32.1 Å². The number of likely N-dealkylation sites (tertiary alicyclic amines) is 1. The Balaban J connectivity index is 1.67. The summed E-state index contributed by atoms with van der Waals surface area (Å²) in [7, 11) is 0. The predicted octanol–water partition coefficient (Wildman–Crippen LogP) is 0.0742. The fourth-order valence-electron chi connectivity index (χ4n) is 2.60. The van der Waals surface area contributed by atoms with Crippen LogP contribution in [-0.2, 0) is 4.79 Å². The van der Waals surface area contributed by atoms with Gasteiger partial charge in [-0.2, -0.15) is 0 Å². The lowest BCUT2D eigenvalue weighted by molar-refractivity contribution is -0.130. The topological polar surface area (TPSA) is 32.3 Å². The van der Waals surface area contributed by atoms with Crippen molar-refractivity contribution in [1.29, 1.82) is 0 Å². The molecule has 3 nitrogen and oxygen atoms in total. The van der Waals surface area contributed by atoms with Crippen LogP contribution >= 0.6 is 0 Å². The van der Waals surface area contributed by atoms with Gasteiger partial charge < -0.3 is 10.2 Å². The van der Waals surface area contributed by atoms with Crippen molar-refractivity contribution in [3.63, 3.8) is 0 Å². The first-order chi connectivity index (χ1) is 6.34. The number of nitrogens with one attached hydrogen (secondary N) is 1. The average molecular weight is 180 g/mol. The van der Waals surface area contributed by atoms with E-state index in [1.165, 1.54) is 12.8 Å². The van der Waals surface area contributed by atoms with Crippen LogP contribution in [0, 0.1) is 17.8 Å². The monoisotopic (exact) mass is 180 g/mol. The van der Waals surface area contributed by atoms with Gasteiger partial charge in [-0.1, -0.05) is 0 Å². The second-order valence-corrected chi connectivity index (χ2v) is 4.71. The summed E-state index contributed by atoms with van der Waals surface area (Å²) < 4.78 is 0.